The zero-order valence-corrected chi connectivity index (χ0v) is 19.6. The van der Waals surface area contributed by atoms with E-state index in [4.69, 9.17) is 9.47 Å². The Kier molecular flexibility index (Phi) is 8.35. The van der Waals surface area contributed by atoms with E-state index in [9.17, 15) is 8.42 Å². The Hall–Kier alpha value is -2.09. The van der Waals surface area contributed by atoms with E-state index < -0.39 is 10.0 Å². The predicted molar refractivity (Wildman–Crippen MR) is 123 cm³/mol. The third-order valence-electron chi connectivity index (χ3n) is 5.48. The highest BCUT2D eigenvalue weighted by atomic mass is 32.2. The normalized spacial score (nSPS) is 15.7. The van der Waals surface area contributed by atoms with E-state index in [1.54, 1.807) is 16.4 Å². The lowest BCUT2D eigenvalue weighted by Crippen LogP contribution is -2.44. The number of aryl methyl sites for hydroxylation is 1. The van der Waals surface area contributed by atoms with Crippen molar-refractivity contribution in [2.24, 2.45) is 0 Å². The Balaban J connectivity index is 1.54. The van der Waals surface area contributed by atoms with Crippen LogP contribution < -0.4 is 14.8 Å². The SMILES string of the molecule is CCCOc1ccc(CNC2CCN(S(=O)(=O)c3ccc(C)cc3)CC2)cc1OCC. The maximum Gasteiger partial charge on any atom is 0.243 e. The summed E-state index contributed by atoms with van der Waals surface area (Å²) in [5.41, 5.74) is 2.18. The number of piperidine rings is 1. The molecule has 0 aliphatic carbocycles. The number of hydrogen-bond donors (Lipinski definition) is 1. The summed E-state index contributed by atoms with van der Waals surface area (Å²) >= 11 is 0. The first kappa shape index (κ1) is 23.6. The van der Waals surface area contributed by atoms with Crippen molar-refractivity contribution in [3.05, 3.63) is 53.6 Å². The van der Waals surface area contributed by atoms with Crippen LogP contribution in [0.1, 0.15) is 44.2 Å². The number of nitrogens with one attached hydrogen (secondary N) is 1. The minimum absolute atomic E-state index is 0.288. The van der Waals surface area contributed by atoms with E-state index in [1.807, 2.05) is 38.1 Å². The summed E-state index contributed by atoms with van der Waals surface area (Å²) in [6, 6.07) is 13.4. The number of sulfonamides is 1. The molecular weight excluding hydrogens is 412 g/mol. The van der Waals surface area contributed by atoms with Crippen molar-refractivity contribution in [1.29, 1.82) is 0 Å². The molecule has 1 heterocycles. The molecule has 3 rings (SSSR count). The van der Waals surface area contributed by atoms with Crippen molar-refractivity contribution in [1.82, 2.24) is 9.62 Å². The molecule has 2 aromatic rings. The highest BCUT2D eigenvalue weighted by Gasteiger charge is 2.29. The molecule has 1 aliphatic heterocycles. The molecule has 1 fully saturated rings. The van der Waals surface area contributed by atoms with Gasteiger partial charge in [0, 0.05) is 25.7 Å². The standard InChI is InChI=1S/C24H34N2O4S/c1-4-16-30-23-11-8-20(17-24(23)29-5-2)18-25-21-12-14-26(15-13-21)31(27,28)22-9-6-19(3)7-10-22/h6-11,17,21,25H,4-5,12-16,18H2,1-3H3. The van der Waals surface area contributed by atoms with Crippen molar-refractivity contribution in [3.8, 4) is 11.5 Å². The van der Waals surface area contributed by atoms with Gasteiger partial charge in [-0.1, -0.05) is 30.7 Å². The number of benzene rings is 2. The Bertz CT molecular complexity index is 937. The molecule has 0 amide bonds. The third-order valence-corrected chi connectivity index (χ3v) is 7.39. The predicted octanol–water partition coefficient (Wildman–Crippen LogP) is 4.13. The van der Waals surface area contributed by atoms with Gasteiger partial charge in [-0.25, -0.2) is 8.42 Å². The molecule has 31 heavy (non-hydrogen) atoms. The molecule has 170 valence electrons. The number of nitrogens with zero attached hydrogens (tertiary/aromatic N) is 1. The van der Waals surface area contributed by atoms with Crippen LogP contribution in [0.25, 0.3) is 0 Å². The first-order chi connectivity index (χ1) is 14.9. The molecule has 6 nitrogen and oxygen atoms in total. The quantitative estimate of drug-likeness (QED) is 0.594. The summed E-state index contributed by atoms with van der Waals surface area (Å²) in [5.74, 6) is 1.55. The zero-order chi connectivity index (χ0) is 22.3. The Morgan fingerprint density at radius 3 is 2.35 bits per heavy atom. The molecule has 2 aromatic carbocycles. The maximum atomic E-state index is 12.9. The van der Waals surface area contributed by atoms with Gasteiger partial charge in [-0.05, 0) is 62.9 Å². The highest BCUT2D eigenvalue weighted by Crippen LogP contribution is 2.29. The Morgan fingerprint density at radius 2 is 1.71 bits per heavy atom. The van der Waals surface area contributed by atoms with Crippen molar-refractivity contribution < 1.29 is 17.9 Å². The molecule has 0 atom stereocenters. The summed E-state index contributed by atoms with van der Waals surface area (Å²) in [4.78, 5) is 0.373. The molecule has 0 unspecified atom stereocenters. The average Bonchev–Trinajstić information content (AvgIpc) is 2.78. The van der Waals surface area contributed by atoms with Gasteiger partial charge in [-0.2, -0.15) is 4.31 Å². The van der Waals surface area contributed by atoms with E-state index in [-0.39, 0.29) is 6.04 Å². The number of hydrogen-bond acceptors (Lipinski definition) is 5. The van der Waals surface area contributed by atoms with Crippen LogP contribution in [0, 0.1) is 6.92 Å². The van der Waals surface area contributed by atoms with Crippen LogP contribution in [0.5, 0.6) is 11.5 Å². The molecule has 0 bridgehead atoms. The molecule has 0 aromatic heterocycles. The van der Waals surface area contributed by atoms with E-state index >= 15 is 0 Å². The molecule has 0 radical (unpaired) electrons. The van der Waals surface area contributed by atoms with Gasteiger partial charge >= 0.3 is 0 Å². The molecule has 1 N–H and O–H groups in total. The van der Waals surface area contributed by atoms with Crippen molar-refractivity contribution >= 4 is 10.0 Å². The van der Waals surface area contributed by atoms with E-state index in [1.165, 1.54) is 0 Å². The maximum absolute atomic E-state index is 12.9. The summed E-state index contributed by atoms with van der Waals surface area (Å²) in [5, 5.41) is 3.57. The average molecular weight is 447 g/mol. The third kappa shape index (κ3) is 6.21. The topological polar surface area (TPSA) is 67.9 Å². The van der Waals surface area contributed by atoms with Gasteiger partial charge in [0.1, 0.15) is 0 Å². The summed E-state index contributed by atoms with van der Waals surface area (Å²) < 4.78 is 38.8. The Labute approximate surface area is 186 Å². The van der Waals surface area contributed by atoms with Crippen LogP contribution in [-0.2, 0) is 16.6 Å². The van der Waals surface area contributed by atoms with Gasteiger partial charge in [0.15, 0.2) is 11.5 Å². The second kappa shape index (κ2) is 11.0. The van der Waals surface area contributed by atoms with Crippen LogP contribution in [0.3, 0.4) is 0 Å². The van der Waals surface area contributed by atoms with Crippen LogP contribution in [0.2, 0.25) is 0 Å². The molecule has 0 spiro atoms. The second-order valence-electron chi connectivity index (χ2n) is 7.93. The molecule has 7 heteroatoms. The minimum Gasteiger partial charge on any atom is -0.490 e. The van der Waals surface area contributed by atoms with Crippen LogP contribution in [0.15, 0.2) is 47.4 Å². The zero-order valence-electron chi connectivity index (χ0n) is 18.8. The van der Waals surface area contributed by atoms with Crippen LogP contribution in [0.4, 0.5) is 0 Å². The molecule has 1 saturated heterocycles. The van der Waals surface area contributed by atoms with Crippen LogP contribution >= 0.6 is 0 Å². The summed E-state index contributed by atoms with van der Waals surface area (Å²) in [6.07, 6.45) is 2.54. The van der Waals surface area contributed by atoms with Crippen molar-refractivity contribution in [2.75, 3.05) is 26.3 Å². The van der Waals surface area contributed by atoms with E-state index in [2.05, 4.69) is 18.3 Å². The van der Waals surface area contributed by atoms with Gasteiger partial charge in [0.2, 0.25) is 10.0 Å². The van der Waals surface area contributed by atoms with E-state index in [0.29, 0.717) is 37.7 Å². The second-order valence-corrected chi connectivity index (χ2v) is 9.87. The Morgan fingerprint density at radius 1 is 1.00 bits per heavy atom. The monoisotopic (exact) mass is 446 g/mol. The molecule has 0 saturated carbocycles. The van der Waals surface area contributed by atoms with Gasteiger partial charge in [0.25, 0.3) is 0 Å². The van der Waals surface area contributed by atoms with Gasteiger partial charge in [-0.3, -0.25) is 0 Å². The fourth-order valence-electron chi connectivity index (χ4n) is 3.68. The fourth-order valence-corrected chi connectivity index (χ4v) is 5.15. The smallest absolute Gasteiger partial charge is 0.243 e. The molecule has 1 aliphatic rings. The van der Waals surface area contributed by atoms with Crippen LogP contribution in [-0.4, -0.2) is 45.1 Å². The fraction of sp³-hybridized carbons (Fsp3) is 0.500. The minimum atomic E-state index is -3.42. The first-order valence-electron chi connectivity index (χ1n) is 11.1. The number of rotatable bonds is 10. The lowest BCUT2D eigenvalue weighted by atomic mass is 10.1. The molecular formula is C24H34N2O4S. The van der Waals surface area contributed by atoms with Crippen molar-refractivity contribution in [2.45, 2.75) is 57.5 Å². The van der Waals surface area contributed by atoms with Crippen molar-refractivity contribution in [3.63, 3.8) is 0 Å². The number of ether oxygens (including phenoxy) is 2. The largest absolute Gasteiger partial charge is 0.490 e. The lowest BCUT2D eigenvalue weighted by Gasteiger charge is -2.31. The highest BCUT2D eigenvalue weighted by molar-refractivity contribution is 7.89. The lowest BCUT2D eigenvalue weighted by molar-refractivity contribution is 0.276. The van der Waals surface area contributed by atoms with E-state index in [0.717, 1.165) is 41.9 Å². The van der Waals surface area contributed by atoms with Gasteiger partial charge in [-0.15, -0.1) is 0 Å². The summed E-state index contributed by atoms with van der Waals surface area (Å²) in [7, 11) is -3.42. The van der Waals surface area contributed by atoms with Gasteiger partial charge < -0.3 is 14.8 Å². The first-order valence-corrected chi connectivity index (χ1v) is 12.6. The van der Waals surface area contributed by atoms with Gasteiger partial charge in [0.05, 0.1) is 18.1 Å². The summed E-state index contributed by atoms with van der Waals surface area (Å²) in [6.45, 7) is 9.03.